The Hall–Kier alpha value is -2.08. The fourth-order valence-electron chi connectivity index (χ4n) is 5.53. The van der Waals surface area contributed by atoms with Crippen LogP contribution in [0.1, 0.15) is 25.7 Å². The van der Waals surface area contributed by atoms with Crippen LogP contribution < -0.4 is 0 Å². The van der Waals surface area contributed by atoms with E-state index >= 15 is 0 Å². The van der Waals surface area contributed by atoms with Crippen molar-refractivity contribution in [3.63, 3.8) is 0 Å². The molecule has 4 fully saturated rings. The molecule has 0 aromatic heterocycles. The lowest BCUT2D eigenvalue weighted by Crippen LogP contribution is -2.60. The number of likely N-dealkylation sites (tertiary alicyclic amines) is 2. The van der Waals surface area contributed by atoms with Crippen LogP contribution in [0.25, 0.3) is 0 Å². The van der Waals surface area contributed by atoms with Gasteiger partial charge in [0.1, 0.15) is 12.4 Å². The topological polar surface area (TPSA) is 96.5 Å². The summed E-state index contributed by atoms with van der Waals surface area (Å²) in [5, 5.41) is 0. The Morgan fingerprint density at radius 1 is 1.06 bits per heavy atom. The number of nitrogens with zero attached hydrogens (tertiary/aromatic N) is 3. The molecule has 34 heavy (non-hydrogen) atoms. The van der Waals surface area contributed by atoms with E-state index < -0.39 is 21.4 Å². The number of halogens is 1. The lowest BCUT2D eigenvalue weighted by Gasteiger charge is -2.48. The standard InChI is InChI=1S/C23H30FN3O6S/c24-18-1-3-20(4-2-18)34(30,31)27-11-12-33-23(16-27)6-9-25(10-7-23)22(29)26-8-5-21-17(14-26)13-19(28)15-32-21/h1-4,17,21H,5-16H2/t17-,21+/m1/s1. The van der Waals surface area contributed by atoms with E-state index in [9.17, 15) is 22.4 Å². The number of amides is 2. The van der Waals surface area contributed by atoms with Gasteiger partial charge in [-0.1, -0.05) is 0 Å². The number of carbonyl (C=O) groups excluding carboxylic acids is 2. The van der Waals surface area contributed by atoms with Crippen molar-refractivity contribution in [3.8, 4) is 0 Å². The number of benzene rings is 1. The van der Waals surface area contributed by atoms with Gasteiger partial charge in [0.25, 0.3) is 0 Å². The highest BCUT2D eigenvalue weighted by Gasteiger charge is 2.45. The number of fused-ring (bicyclic) bond motifs is 1. The van der Waals surface area contributed by atoms with Gasteiger partial charge in [0.15, 0.2) is 5.78 Å². The summed E-state index contributed by atoms with van der Waals surface area (Å²) >= 11 is 0. The Labute approximate surface area is 198 Å². The van der Waals surface area contributed by atoms with Gasteiger partial charge in [0.2, 0.25) is 10.0 Å². The molecule has 2 atom stereocenters. The Bertz CT molecular complexity index is 1040. The lowest BCUT2D eigenvalue weighted by atomic mass is 9.88. The molecule has 4 aliphatic rings. The first-order chi connectivity index (χ1) is 16.3. The molecule has 4 saturated heterocycles. The molecule has 5 rings (SSSR count). The number of urea groups is 1. The Morgan fingerprint density at radius 3 is 2.53 bits per heavy atom. The first-order valence-electron chi connectivity index (χ1n) is 11.8. The second-order valence-electron chi connectivity index (χ2n) is 9.68. The number of piperidine rings is 2. The monoisotopic (exact) mass is 495 g/mol. The average Bonchev–Trinajstić information content (AvgIpc) is 2.84. The maximum absolute atomic E-state index is 13.3. The highest BCUT2D eigenvalue weighted by atomic mass is 32.2. The van der Waals surface area contributed by atoms with Gasteiger partial charge in [-0.05, 0) is 43.5 Å². The first-order valence-corrected chi connectivity index (χ1v) is 13.3. The number of morpholine rings is 1. The number of Topliss-reactive ketones (excluding diaryl/α,β-unsaturated/α-hetero) is 1. The van der Waals surface area contributed by atoms with Crippen molar-refractivity contribution in [1.29, 1.82) is 0 Å². The van der Waals surface area contributed by atoms with Gasteiger partial charge in [-0.2, -0.15) is 4.31 Å². The summed E-state index contributed by atoms with van der Waals surface area (Å²) < 4.78 is 52.5. The largest absolute Gasteiger partial charge is 0.372 e. The third kappa shape index (κ3) is 4.58. The summed E-state index contributed by atoms with van der Waals surface area (Å²) in [4.78, 5) is 28.6. The third-order valence-electron chi connectivity index (χ3n) is 7.49. The van der Waals surface area contributed by atoms with E-state index in [0.29, 0.717) is 45.4 Å². The molecule has 1 aromatic carbocycles. The molecule has 1 aromatic rings. The molecular formula is C23H30FN3O6S. The van der Waals surface area contributed by atoms with Crippen LogP contribution in [0.5, 0.6) is 0 Å². The second kappa shape index (κ2) is 9.18. The van der Waals surface area contributed by atoms with Crippen LogP contribution in [0.2, 0.25) is 0 Å². The molecular weight excluding hydrogens is 465 g/mol. The molecule has 0 saturated carbocycles. The molecule has 0 aliphatic carbocycles. The van der Waals surface area contributed by atoms with Gasteiger partial charge < -0.3 is 19.3 Å². The number of hydrogen-bond acceptors (Lipinski definition) is 6. The highest BCUT2D eigenvalue weighted by Crippen LogP contribution is 2.34. The van der Waals surface area contributed by atoms with Crippen molar-refractivity contribution < 1.29 is 31.9 Å². The molecule has 2 amide bonds. The van der Waals surface area contributed by atoms with E-state index in [-0.39, 0.29) is 55.0 Å². The molecule has 0 N–H and O–H groups in total. The van der Waals surface area contributed by atoms with E-state index in [0.717, 1.165) is 18.6 Å². The summed E-state index contributed by atoms with van der Waals surface area (Å²) in [5.41, 5.74) is -0.640. The van der Waals surface area contributed by atoms with Gasteiger partial charge in [-0.25, -0.2) is 17.6 Å². The van der Waals surface area contributed by atoms with Gasteiger partial charge in [0, 0.05) is 51.6 Å². The molecule has 4 aliphatic heterocycles. The third-order valence-corrected chi connectivity index (χ3v) is 9.35. The Kier molecular flexibility index (Phi) is 6.38. The van der Waals surface area contributed by atoms with E-state index in [1.165, 1.54) is 16.4 Å². The molecule has 186 valence electrons. The maximum atomic E-state index is 13.3. The van der Waals surface area contributed by atoms with Gasteiger partial charge in [-0.3, -0.25) is 4.79 Å². The average molecular weight is 496 g/mol. The number of carbonyl (C=O) groups is 2. The first kappa shape index (κ1) is 23.7. The smallest absolute Gasteiger partial charge is 0.320 e. The van der Waals surface area contributed by atoms with Crippen molar-refractivity contribution in [3.05, 3.63) is 30.1 Å². The van der Waals surface area contributed by atoms with Gasteiger partial charge in [0.05, 0.1) is 23.2 Å². The van der Waals surface area contributed by atoms with Crippen LogP contribution in [-0.4, -0.2) is 98.5 Å². The van der Waals surface area contributed by atoms with E-state index in [1.54, 1.807) is 4.90 Å². The summed E-state index contributed by atoms with van der Waals surface area (Å²) in [6, 6.07) is 4.80. The molecule has 0 unspecified atom stereocenters. The second-order valence-corrected chi connectivity index (χ2v) is 11.6. The van der Waals surface area contributed by atoms with Crippen LogP contribution in [0.15, 0.2) is 29.2 Å². The zero-order chi connectivity index (χ0) is 23.9. The zero-order valence-corrected chi connectivity index (χ0v) is 19.8. The van der Waals surface area contributed by atoms with E-state index in [2.05, 4.69) is 0 Å². The van der Waals surface area contributed by atoms with Crippen molar-refractivity contribution >= 4 is 21.8 Å². The number of hydrogen-bond donors (Lipinski definition) is 0. The van der Waals surface area contributed by atoms with Crippen molar-refractivity contribution in [2.24, 2.45) is 5.92 Å². The zero-order valence-electron chi connectivity index (χ0n) is 19.0. The van der Waals surface area contributed by atoms with Crippen LogP contribution >= 0.6 is 0 Å². The Morgan fingerprint density at radius 2 is 1.79 bits per heavy atom. The van der Waals surface area contributed by atoms with Gasteiger partial charge >= 0.3 is 6.03 Å². The van der Waals surface area contributed by atoms with Crippen molar-refractivity contribution in [2.75, 3.05) is 52.5 Å². The molecule has 11 heteroatoms. The van der Waals surface area contributed by atoms with E-state index in [1.807, 2.05) is 4.90 Å². The van der Waals surface area contributed by atoms with Crippen molar-refractivity contribution in [2.45, 2.75) is 42.3 Å². The minimum atomic E-state index is -3.76. The van der Waals surface area contributed by atoms with Crippen LogP contribution in [0.4, 0.5) is 9.18 Å². The Balaban J connectivity index is 1.20. The minimum absolute atomic E-state index is 0.0436. The summed E-state index contributed by atoms with van der Waals surface area (Å²) in [6.07, 6.45) is 2.33. The SMILES string of the molecule is O=C1CO[C@H]2CCN(C(=O)N3CCC4(CC3)CN(S(=O)(=O)c3ccc(F)cc3)CCO4)C[C@H]2C1. The van der Waals surface area contributed by atoms with Crippen LogP contribution in [0.3, 0.4) is 0 Å². The quantitative estimate of drug-likeness (QED) is 0.617. The fourth-order valence-corrected chi connectivity index (χ4v) is 7.03. The summed E-state index contributed by atoms with van der Waals surface area (Å²) in [7, 11) is -3.76. The predicted octanol–water partition coefficient (Wildman–Crippen LogP) is 1.48. The highest BCUT2D eigenvalue weighted by molar-refractivity contribution is 7.89. The minimum Gasteiger partial charge on any atom is -0.372 e. The summed E-state index contributed by atoms with van der Waals surface area (Å²) in [5.74, 6) is -0.340. The number of rotatable bonds is 2. The number of ketones is 1. The maximum Gasteiger partial charge on any atom is 0.320 e. The fraction of sp³-hybridized carbons (Fsp3) is 0.652. The molecule has 1 spiro atoms. The summed E-state index contributed by atoms with van der Waals surface area (Å²) in [6.45, 7) is 2.98. The number of ether oxygens (including phenoxy) is 2. The predicted molar refractivity (Wildman–Crippen MR) is 119 cm³/mol. The molecule has 4 heterocycles. The molecule has 0 bridgehead atoms. The molecule has 9 nitrogen and oxygen atoms in total. The van der Waals surface area contributed by atoms with Crippen LogP contribution in [-0.2, 0) is 24.3 Å². The van der Waals surface area contributed by atoms with Crippen molar-refractivity contribution in [1.82, 2.24) is 14.1 Å². The lowest BCUT2D eigenvalue weighted by molar-refractivity contribution is -0.140. The normalized spacial score (nSPS) is 28.1. The number of sulfonamides is 1. The van der Waals surface area contributed by atoms with Crippen LogP contribution in [0, 0.1) is 11.7 Å². The molecule has 0 radical (unpaired) electrons. The van der Waals surface area contributed by atoms with Gasteiger partial charge in [-0.15, -0.1) is 0 Å². The van der Waals surface area contributed by atoms with E-state index in [4.69, 9.17) is 9.47 Å².